The van der Waals surface area contributed by atoms with Crippen molar-refractivity contribution in [2.24, 2.45) is 0 Å². The third kappa shape index (κ3) is 2.92. The quantitative estimate of drug-likeness (QED) is 0.787. The lowest BCUT2D eigenvalue weighted by Gasteiger charge is -2.19. The van der Waals surface area contributed by atoms with Crippen LogP contribution in [0.15, 0.2) is 28.9 Å². The van der Waals surface area contributed by atoms with E-state index in [4.69, 9.17) is 13.6 Å². The Labute approximate surface area is 124 Å². The summed E-state index contributed by atoms with van der Waals surface area (Å²) in [7, 11) is -2.52. The molecule has 0 unspecified atom stereocenters. The van der Waals surface area contributed by atoms with Crippen LogP contribution in [0, 0.1) is 0 Å². The van der Waals surface area contributed by atoms with Gasteiger partial charge >= 0.3 is 6.09 Å². The van der Waals surface area contributed by atoms with Gasteiger partial charge in [0.25, 0.3) is 0 Å². The molecule has 4 nitrogen and oxygen atoms in total. The van der Waals surface area contributed by atoms with Crippen LogP contribution in [0.3, 0.4) is 0 Å². The topological polar surface area (TPSA) is 40.5 Å². The first-order chi connectivity index (χ1) is 9.96. The van der Waals surface area contributed by atoms with Crippen molar-refractivity contribution >= 4 is 32.9 Å². The molecular formula is C14H16BrNO3. The van der Waals surface area contributed by atoms with Crippen molar-refractivity contribution in [1.29, 1.82) is 0 Å². The molecule has 0 saturated heterocycles. The standard InChI is InChI=1S/C14H16BrNO3/c1-14(2,3)19-13(17)16-8-11(15)10-7-9(18-4)5-6-12(10)16/h5-8H,1-4H3/i4D3. The number of hydrogen-bond acceptors (Lipinski definition) is 3. The molecule has 0 amide bonds. The minimum absolute atomic E-state index is 0.204. The third-order valence-electron chi connectivity index (χ3n) is 2.44. The molecule has 0 aliphatic rings. The molecule has 0 spiro atoms. The molecule has 1 aromatic carbocycles. The van der Waals surface area contributed by atoms with Gasteiger partial charge in [0.05, 0.1) is 16.7 Å². The zero-order chi connectivity index (χ0) is 16.7. The van der Waals surface area contributed by atoms with Crippen molar-refractivity contribution in [2.75, 3.05) is 7.04 Å². The summed E-state index contributed by atoms with van der Waals surface area (Å²) in [6.07, 6.45) is 1.07. The minimum atomic E-state index is -2.52. The maximum Gasteiger partial charge on any atom is 0.419 e. The largest absolute Gasteiger partial charge is 0.497 e. The van der Waals surface area contributed by atoms with Crippen LogP contribution in [-0.4, -0.2) is 23.3 Å². The Bertz CT molecular complexity index is 716. The summed E-state index contributed by atoms with van der Waals surface area (Å²) in [5, 5.41) is 0.660. The Morgan fingerprint density at radius 2 is 2.16 bits per heavy atom. The Kier molecular flexibility index (Phi) is 2.65. The second-order valence-corrected chi connectivity index (χ2v) is 5.96. The monoisotopic (exact) mass is 328 g/mol. The van der Waals surface area contributed by atoms with Crippen molar-refractivity contribution in [3.05, 3.63) is 28.9 Å². The van der Waals surface area contributed by atoms with Crippen LogP contribution in [0.4, 0.5) is 4.79 Å². The van der Waals surface area contributed by atoms with Crippen LogP contribution in [0.2, 0.25) is 0 Å². The summed E-state index contributed by atoms with van der Waals surface area (Å²) in [6, 6.07) is 4.68. The molecule has 1 aromatic heterocycles. The van der Waals surface area contributed by atoms with Gasteiger partial charge in [0.15, 0.2) is 0 Å². The van der Waals surface area contributed by atoms with Crippen molar-refractivity contribution in [1.82, 2.24) is 4.57 Å². The van der Waals surface area contributed by atoms with Gasteiger partial charge in [-0.25, -0.2) is 4.79 Å². The number of fused-ring (bicyclic) bond motifs is 1. The van der Waals surface area contributed by atoms with E-state index in [1.807, 2.05) is 0 Å². The lowest BCUT2D eigenvalue weighted by Crippen LogP contribution is -2.26. The molecule has 19 heavy (non-hydrogen) atoms. The van der Waals surface area contributed by atoms with Gasteiger partial charge in [-0.2, -0.15) is 0 Å². The highest BCUT2D eigenvalue weighted by Gasteiger charge is 2.20. The number of carbonyl (C=O) groups excluding carboxylic acids is 1. The van der Waals surface area contributed by atoms with E-state index in [2.05, 4.69) is 15.9 Å². The van der Waals surface area contributed by atoms with Crippen LogP contribution in [0.25, 0.3) is 10.9 Å². The lowest BCUT2D eigenvalue weighted by molar-refractivity contribution is 0.0544. The highest BCUT2D eigenvalue weighted by Crippen LogP contribution is 2.30. The second-order valence-electron chi connectivity index (χ2n) is 5.11. The Morgan fingerprint density at radius 3 is 2.79 bits per heavy atom. The molecule has 0 saturated carbocycles. The van der Waals surface area contributed by atoms with Gasteiger partial charge in [-0.3, -0.25) is 4.57 Å². The van der Waals surface area contributed by atoms with Crippen LogP contribution in [0.1, 0.15) is 24.9 Å². The summed E-state index contributed by atoms with van der Waals surface area (Å²) >= 11 is 3.35. The number of carbonyl (C=O) groups is 1. The van der Waals surface area contributed by atoms with Crippen LogP contribution < -0.4 is 4.74 Å². The molecule has 2 rings (SSSR count). The SMILES string of the molecule is [2H]C([2H])([2H])Oc1ccc2c(c1)c(Br)cn2C(=O)OC(C)(C)C. The first kappa shape index (κ1) is 10.3. The molecule has 0 aliphatic heterocycles. The van der Waals surface area contributed by atoms with Gasteiger partial charge < -0.3 is 9.47 Å². The van der Waals surface area contributed by atoms with Crippen molar-refractivity contribution < 1.29 is 18.4 Å². The Balaban J connectivity index is 2.41. The van der Waals surface area contributed by atoms with Crippen LogP contribution in [-0.2, 0) is 4.74 Å². The number of halogens is 1. The lowest BCUT2D eigenvalue weighted by atomic mass is 10.2. The number of aromatic nitrogens is 1. The van der Waals surface area contributed by atoms with Gasteiger partial charge in [0.2, 0.25) is 0 Å². The average molecular weight is 329 g/mol. The first-order valence-electron chi connectivity index (χ1n) is 7.19. The molecule has 0 bridgehead atoms. The molecule has 0 aliphatic carbocycles. The van der Waals surface area contributed by atoms with Crippen molar-refractivity contribution in [3.63, 3.8) is 0 Å². The molecule has 0 N–H and O–H groups in total. The molecule has 1 heterocycles. The van der Waals surface area contributed by atoms with Gasteiger partial charge in [0.1, 0.15) is 11.4 Å². The molecule has 0 radical (unpaired) electrons. The maximum atomic E-state index is 12.2. The third-order valence-corrected chi connectivity index (χ3v) is 3.07. The fourth-order valence-corrected chi connectivity index (χ4v) is 2.22. The molecular weight excluding hydrogens is 310 g/mol. The van der Waals surface area contributed by atoms with Gasteiger partial charge in [0, 0.05) is 16.1 Å². The zero-order valence-electron chi connectivity index (χ0n) is 13.9. The number of hydrogen-bond donors (Lipinski definition) is 0. The van der Waals surface area contributed by atoms with Gasteiger partial charge in [-0.1, -0.05) is 0 Å². The van der Waals surface area contributed by atoms with E-state index >= 15 is 0 Å². The maximum absolute atomic E-state index is 12.2. The van der Waals surface area contributed by atoms with E-state index in [9.17, 15) is 4.79 Å². The number of nitrogens with zero attached hydrogens (tertiary/aromatic N) is 1. The first-order valence-corrected chi connectivity index (χ1v) is 6.48. The average Bonchev–Trinajstić information content (AvgIpc) is 2.62. The normalized spacial score (nSPS) is 14.6. The van der Waals surface area contributed by atoms with Crippen LogP contribution in [0.5, 0.6) is 5.75 Å². The summed E-state index contributed by atoms with van der Waals surface area (Å²) in [5.74, 6) is 0.204. The summed E-state index contributed by atoms with van der Waals surface area (Å²) < 4.78 is 33.6. The van der Waals surface area contributed by atoms with Gasteiger partial charge in [-0.15, -0.1) is 0 Å². The fourth-order valence-electron chi connectivity index (χ4n) is 1.69. The molecule has 102 valence electrons. The molecule has 2 aromatic rings. The predicted molar refractivity (Wildman–Crippen MR) is 77.8 cm³/mol. The Hall–Kier alpha value is -1.49. The highest BCUT2D eigenvalue weighted by atomic mass is 79.9. The van der Waals surface area contributed by atoms with E-state index in [0.29, 0.717) is 15.4 Å². The van der Waals surface area contributed by atoms with E-state index in [-0.39, 0.29) is 5.75 Å². The van der Waals surface area contributed by atoms with E-state index in [1.54, 1.807) is 39.1 Å². The highest BCUT2D eigenvalue weighted by molar-refractivity contribution is 9.10. The van der Waals surface area contributed by atoms with Crippen LogP contribution >= 0.6 is 15.9 Å². The number of methoxy groups -OCH3 is 1. The van der Waals surface area contributed by atoms with E-state index in [0.717, 1.165) is 0 Å². The molecule has 0 fully saturated rings. The van der Waals surface area contributed by atoms with E-state index < -0.39 is 18.7 Å². The number of ether oxygens (including phenoxy) is 2. The van der Waals surface area contributed by atoms with Crippen molar-refractivity contribution in [2.45, 2.75) is 26.4 Å². The summed E-state index contributed by atoms with van der Waals surface area (Å²) in [4.78, 5) is 12.2. The number of rotatable bonds is 1. The van der Waals surface area contributed by atoms with E-state index in [1.165, 1.54) is 10.6 Å². The van der Waals surface area contributed by atoms with Crippen molar-refractivity contribution in [3.8, 4) is 5.75 Å². The summed E-state index contributed by atoms with van der Waals surface area (Å²) in [5.41, 5.74) is -0.0104. The second kappa shape index (κ2) is 4.89. The van der Waals surface area contributed by atoms with Gasteiger partial charge in [-0.05, 0) is 54.9 Å². The fraction of sp³-hybridized carbons (Fsp3) is 0.357. The Morgan fingerprint density at radius 1 is 1.42 bits per heavy atom. The predicted octanol–water partition coefficient (Wildman–Crippen LogP) is 4.20. The number of benzene rings is 1. The zero-order valence-corrected chi connectivity index (χ0v) is 12.4. The molecule has 5 heteroatoms. The minimum Gasteiger partial charge on any atom is -0.497 e. The smallest absolute Gasteiger partial charge is 0.419 e. The molecule has 0 atom stereocenters. The summed E-state index contributed by atoms with van der Waals surface area (Å²) in [6.45, 7) is 5.36.